The van der Waals surface area contributed by atoms with E-state index in [1.807, 2.05) is 4.90 Å². The zero-order chi connectivity index (χ0) is 25.4. The van der Waals surface area contributed by atoms with Crippen LogP contribution in [-0.4, -0.2) is 51.7 Å². The van der Waals surface area contributed by atoms with E-state index in [0.29, 0.717) is 42.5 Å². The molecule has 0 atom stereocenters. The summed E-state index contributed by atoms with van der Waals surface area (Å²) in [5, 5.41) is 0.536. The Kier molecular flexibility index (Phi) is 6.83. The number of sulfone groups is 1. The minimum Gasteiger partial charge on any atom is -0.368 e. The number of anilines is 1. The number of amides is 1. The molecule has 10 heteroatoms. The molecule has 0 bridgehead atoms. The van der Waals surface area contributed by atoms with Crippen molar-refractivity contribution in [1.29, 1.82) is 0 Å². The molecule has 0 saturated carbocycles. The number of benzene rings is 3. The molecule has 1 aliphatic heterocycles. The third-order valence-electron chi connectivity index (χ3n) is 5.93. The largest absolute Gasteiger partial charge is 0.416 e. The number of hydrogen-bond acceptors (Lipinski definition) is 4. The lowest BCUT2D eigenvalue weighted by molar-refractivity contribution is -0.137. The van der Waals surface area contributed by atoms with Crippen molar-refractivity contribution in [3.05, 3.63) is 82.9 Å². The summed E-state index contributed by atoms with van der Waals surface area (Å²) in [7, 11) is -3.53. The number of piperazine rings is 1. The maximum Gasteiger partial charge on any atom is 0.416 e. The first-order chi connectivity index (χ1) is 16.4. The van der Waals surface area contributed by atoms with E-state index in [2.05, 4.69) is 0 Å². The fourth-order valence-corrected chi connectivity index (χ4v) is 4.78. The highest BCUT2D eigenvalue weighted by molar-refractivity contribution is 7.90. The van der Waals surface area contributed by atoms with Crippen LogP contribution in [0, 0.1) is 0 Å². The van der Waals surface area contributed by atoms with Crippen LogP contribution in [0.5, 0.6) is 0 Å². The summed E-state index contributed by atoms with van der Waals surface area (Å²) < 4.78 is 62.8. The van der Waals surface area contributed by atoms with Gasteiger partial charge in [-0.15, -0.1) is 0 Å². The van der Waals surface area contributed by atoms with E-state index in [4.69, 9.17) is 11.6 Å². The Bertz CT molecular complexity index is 1330. The highest BCUT2D eigenvalue weighted by Crippen LogP contribution is 2.32. The molecule has 0 N–H and O–H groups in total. The summed E-state index contributed by atoms with van der Waals surface area (Å²) in [6, 6.07) is 16.3. The van der Waals surface area contributed by atoms with Crippen molar-refractivity contribution in [2.45, 2.75) is 11.1 Å². The van der Waals surface area contributed by atoms with Crippen LogP contribution >= 0.6 is 11.6 Å². The molecule has 1 saturated heterocycles. The molecule has 1 heterocycles. The number of hydrogen-bond donors (Lipinski definition) is 0. The molecule has 4 rings (SSSR count). The van der Waals surface area contributed by atoms with Gasteiger partial charge in [-0.05, 0) is 59.7 Å². The van der Waals surface area contributed by atoms with E-state index < -0.39 is 21.6 Å². The fraction of sp³-hybridized carbons (Fsp3) is 0.240. The molecule has 1 fully saturated rings. The van der Waals surface area contributed by atoms with Crippen LogP contribution < -0.4 is 4.90 Å². The number of carbonyl (C=O) groups is 1. The Morgan fingerprint density at radius 1 is 0.886 bits per heavy atom. The summed E-state index contributed by atoms with van der Waals surface area (Å²) in [5.74, 6) is -0.312. The number of alkyl halides is 3. The van der Waals surface area contributed by atoms with Crippen molar-refractivity contribution in [1.82, 2.24) is 4.90 Å². The van der Waals surface area contributed by atoms with Gasteiger partial charge in [0.1, 0.15) is 0 Å². The van der Waals surface area contributed by atoms with Gasteiger partial charge in [0.25, 0.3) is 5.91 Å². The maximum absolute atomic E-state index is 13.5. The fourth-order valence-electron chi connectivity index (χ4n) is 4.01. The average Bonchev–Trinajstić information content (AvgIpc) is 2.83. The maximum atomic E-state index is 13.5. The molecule has 0 aliphatic carbocycles. The molecule has 1 aliphatic rings. The van der Waals surface area contributed by atoms with Crippen LogP contribution in [0.3, 0.4) is 0 Å². The highest BCUT2D eigenvalue weighted by Gasteiger charge is 2.31. The van der Waals surface area contributed by atoms with Gasteiger partial charge in [0, 0.05) is 48.7 Å². The van der Waals surface area contributed by atoms with Crippen molar-refractivity contribution in [2.75, 3.05) is 37.3 Å². The Hall–Kier alpha value is -3.04. The van der Waals surface area contributed by atoms with Crippen LogP contribution in [0.4, 0.5) is 18.9 Å². The Morgan fingerprint density at radius 2 is 1.49 bits per heavy atom. The first-order valence-electron chi connectivity index (χ1n) is 10.7. The molecule has 0 aromatic heterocycles. The van der Waals surface area contributed by atoms with Crippen molar-refractivity contribution < 1.29 is 26.4 Å². The zero-order valence-electron chi connectivity index (χ0n) is 18.7. The summed E-state index contributed by atoms with van der Waals surface area (Å²) in [4.78, 5) is 17.1. The molecule has 0 unspecified atom stereocenters. The van der Waals surface area contributed by atoms with Crippen LogP contribution in [0.15, 0.2) is 71.6 Å². The summed E-state index contributed by atoms with van der Waals surface area (Å²) in [6.07, 6.45) is -3.31. The molecular weight excluding hydrogens is 501 g/mol. The summed E-state index contributed by atoms with van der Waals surface area (Å²) in [6.45, 7) is 1.53. The quantitative estimate of drug-likeness (QED) is 0.461. The Balaban J connectivity index is 1.57. The Labute approximate surface area is 206 Å². The van der Waals surface area contributed by atoms with Gasteiger partial charge in [0.15, 0.2) is 9.84 Å². The molecule has 0 spiro atoms. The lowest BCUT2D eigenvalue weighted by Gasteiger charge is -2.36. The van der Waals surface area contributed by atoms with Crippen molar-refractivity contribution in [3.8, 4) is 11.1 Å². The van der Waals surface area contributed by atoms with E-state index in [0.717, 1.165) is 24.0 Å². The lowest BCUT2D eigenvalue weighted by Crippen LogP contribution is -2.49. The van der Waals surface area contributed by atoms with Gasteiger partial charge in [-0.3, -0.25) is 4.79 Å². The van der Waals surface area contributed by atoms with Crippen molar-refractivity contribution in [2.24, 2.45) is 0 Å². The number of rotatable bonds is 4. The van der Waals surface area contributed by atoms with Gasteiger partial charge in [0.05, 0.1) is 10.5 Å². The SMILES string of the molecule is CS(=O)(=O)c1ccc(-c2ccc(Cl)cc2)c(C(=O)N2CCN(c3ccc(C(F)(F)F)cc3)CC2)c1. The second-order valence-electron chi connectivity index (χ2n) is 8.31. The predicted molar refractivity (Wildman–Crippen MR) is 130 cm³/mol. The van der Waals surface area contributed by atoms with Crippen LogP contribution in [-0.2, 0) is 16.0 Å². The first kappa shape index (κ1) is 25.1. The topological polar surface area (TPSA) is 57.7 Å². The molecular formula is C25H22ClF3N2O3S. The van der Waals surface area contributed by atoms with Gasteiger partial charge in [-0.2, -0.15) is 13.2 Å². The molecule has 3 aromatic rings. The monoisotopic (exact) mass is 522 g/mol. The van der Waals surface area contributed by atoms with Gasteiger partial charge >= 0.3 is 6.18 Å². The molecule has 3 aromatic carbocycles. The van der Waals surface area contributed by atoms with Crippen LogP contribution in [0.2, 0.25) is 5.02 Å². The summed E-state index contributed by atoms with van der Waals surface area (Å²) >= 11 is 5.99. The second kappa shape index (κ2) is 9.54. The normalized spacial score (nSPS) is 14.8. The average molecular weight is 523 g/mol. The van der Waals surface area contributed by atoms with Crippen molar-refractivity contribution in [3.63, 3.8) is 0 Å². The van der Waals surface area contributed by atoms with Gasteiger partial charge < -0.3 is 9.80 Å². The van der Waals surface area contributed by atoms with Crippen LogP contribution in [0.25, 0.3) is 11.1 Å². The van der Waals surface area contributed by atoms with Gasteiger partial charge in [-0.25, -0.2) is 8.42 Å². The third kappa shape index (κ3) is 5.62. The number of nitrogens with zero attached hydrogens (tertiary/aromatic N) is 2. The third-order valence-corrected chi connectivity index (χ3v) is 7.29. The molecule has 35 heavy (non-hydrogen) atoms. The minimum absolute atomic E-state index is 0.0435. The predicted octanol–water partition coefficient (Wildman–Crippen LogP) is 5.39. The smallest absolute Gasteiger partial charge is 0.368 e. The molecule has 1 amide bonds. The molecule has 184 valence electrons. The standard InChI is InChI=1S/C25H22ClF3N2O3S/c1-35(33,34)21-10-11-22(17-2-6-19(26)7-3-17)23(16-21)24(32)31-14-12-30(13-15-31)20-8-4-18(5-9-20)25(27,28)29/h2-11,16H,12-15H2,1H3. The van der Waals surface area contributed by atoms with E-state index in [9.17, 15) is 26.4 Å². The Morgan fingerprint density at radius 3 is 2.03 bits per heavy atom. The van der Waals surface area contributed by atoms with Crippen molar-refractivity contribution >= 4 is 33.0 Å². The molecule has 0 radical (unpaired) electrons. The van der Waals surface area contributed by atoms with E-state index in [1.54, 1.807) is 35.2 Å². The van der Waals surface area contributed by atoms with Crippen LogP contribution in [0.1, 0.15) is 15.9 Å². The molecule has 5 nitrogen and oxygen atoms in total. The summed E-state index contributed by atoms with van der Waals surface area (Å²) in [5.41, 5.74) is 1.50. The van der Waals surface area contributed by atoms with E-state index in [1.165, 1.54) is 24.3 Å². The second-order valence-corrected chi connectivity index (χ2v) is 10.8. The lowest BCUT2D eigenvalue weighted by atomic mass is 9.98. The van der Waals surface area contributed by atoms with Gasteiger partial charge in [0.2, 0.25) is 0 Å². The zero-order valence-corrected chi connectivity index (χ0v) is 20.3. The number of carbonyl (C=O) groups excluding carboxylic acids is 1. The first-order valence-corrected chi connectivity index (χ1v) is 13.0. The van der Waals surface area contributed by atoms with E-state index >= 15 is 0 Å². The van der Waals surface area contributed by atoms with E-state index in [-0.39, 0.29) is 16.4 Å². The minimum atomic E-state index is -4.40. The van der Waals surface area contributed by atoms with Gasteiger partial charge in [-0.1, -0.05) is 29.8 Å². The highest BCUT2D eigenvalue weighted by atomic mass is 35.5. The number of halogens is 4.